The van der Waals surface area contributed by atoms with Crippen LogP contribution in [0.2, 0.25) is 0 Å². The zero-order valence-corrected chi connectivity index (χ0v) is 22.0. The highest BCUT2D eigenvalue weighted by atomic mass is 16.3. The van der Waals surface area contributed by atoms with Gasteiger partial charge in [-0.2, -0.15) is 0 Å². The van der Waals surface area contributed by atoms with Crippen molar-refractivity contribution in [3.63, 3.8) is 0 Å². The molecule has 3 fully saturated rings. The third kappa shape index (κ3) is 4.18. The van der Waals surface area contributed by atoms with Crippen LogP contribution in [0.3, 0.4) is 0 Å². The Morgan fingerprint density at radius 3 is 2.59 bits per heavy atom. The molecule has 4 aliphatic carbocycles. The standard InChI is InChI=1S/C31H52O/c1-7-9-23(8-2)21(3)10-11-22(4)27-14-15-28-26-13-12-24-20-25(32)16-18-30(24,5)29(26)17-19-31(27,28)6/h12,22-23,25-29,32H,3,7-11,13-20H2,1-2,4-6H3/t22-,23?,25+,26?,27-,28?,29?,30+,31-/m1/s1. The lowest BCUT2D eigenvalue weighted by molar-refractivity contribution is -0.0571. The maximum atomic E-state index is 10.3. The van der Waals surface area contributed by atoms with E-state index in [1.54, 1.807) is 5.57 Å². The van der Waals surface area contributed by atoms with Crippen molar-refractivity contribution >= 4 is 0 Å². The molecule has 0 aromatic heterocycles. The molecule has 4 unspecified atom stereocenters. The summed E-state index contributed by atoms with van der Waals surface area (Å²) >= 11 is 0. The molecule has 3 saturated carbocycles. The van der Waals surface area contributed by atoms with Gasteiger partial charge in [-0.3, -0.25) is 0 Å². The second-order valence-corrected chi connectivity index (χ2v) is 13.0. The molecule has 4 rings (SSSR count). The van der Waals surface area contributed by atoms with Gasteiger partial charge < -0.3 is 5.11 Å². The van der Waals surface area contributed by atoms with Gasteiger partial charge in [-0.15, -0.1) is 0 Å². The Balaban J connectivity index is 1.43. The lowest BCUT2D eigenvalue weighted by atomic mass is 9.47. The summed E-state index contributed by atoms with van der Waals surface area (Å²) in [6.07, 6.45) is 19.2. The lowest BCUT2D eigenvalue weighted by Gasteiger charge is -2.58. The molecule has 0 amide bonds. The Kier molecular flexibility index (Phi) is 7.36. The highest BCUT2D eigenvalue weighted by Crippen LogP contribution is 2.67. The molecule has 0 aromatic carbocycles. The fraction of sp³-hybridized carbons (Fsp3) is 0.871. The summed E-state index contributed by atoms with van der Waals surface area (Å²) in [7, 11) is 0. The zero-order chi connectivity index (χ0) is 23.1. The molecule has 1 N–H and O–H groups in total. The second-order valence-electron chi connectivity index (χ2n) is 13.0. The van der Waals surface area contributed by atoms with E-state index in [0.29, 0.717) is 10.8 Å². The Hall–Kier alpha value is -0.560. The van der Waals surface area contributed by atoms with Gasteiger partial charge in [-0.05, 0) is 123 Å². The summed E-state index contributed by atoms with van der Waals surface area (Å²) in [5.74, 6) is 5.14. The monoisotopic (exact) mass is 440 g/mol. The van der Waals surface area contributed by atoms with E-state index in [4.69, 9.17) is 0 Å². The molecule has 0 radical (unpaired) electrons. The van der Waals surface area contributed by atoms with Crippen molar-refractivity contribution in [2.24, 2.45) is 46.3 Å². The maximum Gasteiger partial charge on any atom is 0.0577 e. The number of rotatable bonds is 8. The van der Waals surface area contributed by atoms with E-state index in [2.05, 4.69) is 47.3 Å². The smallest absolute Gasteiger partial charge is 0.0577 e. The van der Waals surface area contributed by atoms with Gasteiger partial charge in [0.25, 0.3) is 0 Å². The zero-order valence-electron chi connectivity index (χ0n) is 22.0. The lowest BCUT2D eigenvalue weighted by Crippen LogP contribution is -2.50. The van der Waals surface area contributed by atoms with Crippen LogP contribution in [0.15, 0.2) is 23.8 Å². The van der Waals surface area contributed by atoms with E-state index in [9.17, 15) is 5.11 Å². The van der Waals surface area contributed by atoms with Crippen molar-refractivity contribution in [1.29, 1.82) is 0 Å². The second kappa shape index (κ2) is 9.59. The summed E-state index contributed by atoms with van der Waals surface area (Å²) in [6, 6.07) is 0. The predicted molar refractivity (Wildman–Crippen MR) is 137 cm³/mol. The summed E-state index contributed by atoms with van der Waals surface area (Å²) in [6.45, 7) is 17.0. The van der Waals surface area contributed by atoms with Gasteiger partial charge in [0.1, 0.15) is 0 Å². The third-order valence-electron chi connectivity index (χ3n) is 11.5. The molecule has 32 heavy (non-hydrogen) atoms. The van der Waals surface area contributed by atoms with Gasteiger partial charge in [0.15, 0.2) is 0 Å². The van der Waals surface area contributed by atoms with Gasteiger partial charge in [-0.25, -0.2) is 0 Å². The first-order valence-corrected chi connectivity index (χ1v) is 14.3. The maximum absolute atomic E-state index is 10.3. The quantitative estimate of drug-likeness (QED) is 0.374. The summed E-state index contributed by atoms with van der Waals surface area (Å²) in [4.78, 5) is 0. The van der Waals surface area contributed by atoms with Crippen molar-refractivity contribution < 1.29 is 5.11 Å². The normalized spacial score (nSPS) is 42.9. The van der Waals surface area contributed by atoms with E-state index in [-0.39, 0.29) is 6.10 Å². The van der Waals surface area contributed by atoms with E-state index < -0.39 is 0 Å². The molecule has 0 aromatic rings. The molecular weight excluding hydrogens is 388 g/mol. The molecule has 0 bridgehead atoms. The fourth-order valence-electron chi connectivity index (χ4n) is 9.48. The van der Waals surface area contributed by atoms with Crippen molar-refractivity contribution in [2.45, 2.75) is 124 Å². The predicted octanol–water partition coefficient (Wildman–Crippen LogP) is 8.73. The van der Waals surface area contributed by atoms with Crippen LogP contribution < -0.4 is 0 Å². The summed E-state index contributed by atoms with van der Waals surface area (Å²) in [5.41, 5.74) is 4.06. The number of aliphatic hydroxyl groups is 1. The first kappa shape index (κ1) is 24.6. The average Bonchev–Trinajstić information content (AvgIpc) is 3.13. The van der Waals surface area contributed by atoms with Crippen LogP contribution in [0.25, 0.3) is 0 Å². The van der Waals surface area contributed by atoms with Crippen LogP contribution in [0.4, 0.5) is 0 Å². The molecular formula is C31H52O. The van der Waals surface area contributed by atoms with Crippen LogP contribution in [-0.2, 0) is 0 Å². The Morgan fingerprint density at radius 1 is 1.09 bits per heavy atom. The minimum absolute atomic E-state index is 0.0872. The molecule has 0 aliphatic heterocycles. The van der Waals surface area contributed by atoms with Crippen LogP contribution in [0.5, 0.6) is 0 Å². The van der Waals surface area contributed by atoms with Crippen LogP contribution >= 0.6 is 0 Å². The largest absolute Gasteiger partial charge is 0.393 e. The number of fused-ring (bicyclic) bond motifs is 5. The topological polar surface area (TPSA) is 20.2 Å². The van der Waals surface area contributed by atoms with E-state index in [1.165, 1.54) is 76.2 Å². The molecule has 1 heteroatoms. The molecule has 9 atom stereocenters. The van der Waals surface area contributed by atoms with Gasteiger partial charge >= 0.3 is 0 Å². The molecule has 0 heterocycles. The highest BCUT2D eigenvalue weighted by Gasteiger charge is 2.59. The summed E-state index contributed by atoms with van der Waals surface area (Å²) < 4.78 is 0. The molecule has 1 nitrogen and oxygen atoms in total. The summed E-state index contributed by atoms with van der Waals surface area (Å²) in [5, 5.41) is 10.3. The number of hydrogen-bond acceptors (Lipinski definition) is 1. The number of allylic oxidation sites excluding steroid dienone is 2. The van der Waals surface area contributed by atoms with Crippen molar-refractivity contribution in [3.8, 4) is 0 Å². The highest BCUT2D eigenvalue weighted by molar-refractivity contribution is 5.25. The van der Waals surface area contributed by atoms with E-state index >= 15 is 0 Å². The van der Waals surface area contributed by atoms with Gasteiger partial charge in [0.05, 0.1) is 6.10 Å². The Bertz CT molecular complexity index is 705. The first-order chi connectivity index (χ1) is 15.2. The average molecular weight is 441 g/mol. The van der Waals surface area contributed by atoms with Crippen LogP contribution in [0.1, 0.15) is 118 Å². The van der Waals surface area contributed by atoms with E-state index in [1.807, 2.05) is 0 Å². The van der Waals surface area contributed by atoms with Crippen molar-refractivity contribution in [3.05, 3.63) is 23.8 Å². The van der Waals surface area contributed by atoms with Gasteiger partial charge in [-0.1, -0.05) is 64.8 Å². The van der Waals surface area contributed by atoms with Crippen LogP contribution in [-0.4, -0.2) is 11.2 Å². The molecule has 0 saturated heterocycles. The van der Waals surface area contributed by atoms with Gasteiger partial charge in [0, 0.05) is 0 Å². The fourth-order valence-corrected chi connectivity index (χ4v) is 9.48. The Morgan fingerprint density at radius 2 is 1.88 bits per heavy atom. The van der Waals surface area contributed by atoms with Crippen molar-refractivity contribution in [2.75, 3.05) is 0 Å². The Labute approximate surface area is 199 Å². The SMILES string of the molecule is C=C(CC[C@@H](C)[C@H]1CCC2C3CC=C4C[C@@H](O)CC[C@]4(C)C3CC[C@@]21C)C(CC)CCC. The third-order valence-corrected chi connectivity index (χ3v) is 11.5. The molecule has 0 spiro atoms. The van der Waals surface area contributed by atoms with E-state index in [0.717, 1.165) is 48.3 Å². The van der Waals surface area contributed by atoms with Crippen molar-refractivity contribution in [1.82, 2.24) is 0 Å². The number of hydrogen-bond donors (Lipinski definition) is 1. The minimum Gasteiger partial charge on any atom is -0.393 e. The molecule has 182 valence electrons. The molecule has 4 aliphatic rings. The number of aliphatic hydroxyl groups excluding tert-OH is 1. The minimum atomic E-state index is -0.0872. The van der Waals surface area contributed by atoms with Gasteiger partial charge in [0.2, 0.25) is 0 Å². The first-order valence-electron chi connectivity index (χ1n) is 14.3. The van der Waals surface area contributed by atoms with Crippen LogP contribution in [0, 0.1) is 46.3 Å².